The van der Waals surface area contributed by atoms with E-state index in [-0.39, 0.29) is 0 Å². The second-order valence-corrected chi connectivity index (χ2v) is 5.39. The predicted octanol–water partition coefficient (Wildman–Crippen LogP) is 2.33. The molecule has 102 valence electrons. The number of anilines is 1. The van der Waals surface area contributed by atoms with Gasteiger partial charge in [0.25, 0.3) is 0 Å². The molecule has 1 aliphatic heterocycles. The number of rotatable bonds is 3. The number of nitrogen functional groups attached to an aromatic ring is 1. The lowest BCUT2D eigenvalue weighted by Gasteiger charge is -2.34. The summed E-state index contributed by atoms with van der Waals surface area (Å²) in [7, 11) is 0. The van der Waals surface area contributed by atoms with Crippen LogP contribution in [0.4, 0.5) is 5.82 Å². The van der Waals surface area contributed by atoms with Gasteiger partial charge in [0.15, 0.2) is 0 Å². The second-order valence-electron chi connectivity index (χ2n) is 5.39. The summed E-state index contributed by atoms with van der Waals surface area (Å²) in [6.07, 6.45) is 7.10. The molecule has 1 saturated heterocycles. The molecule has 2 N–H and O–H groups in total. The molecular weight excluding hydrogens is 236 g/mol. The topological polar surface area (TPSA) is 46.6 Å². The van der Waals surface area contributed by atoms with Crippen LogP contribution in [-0.4, -0.2) is 33.4 Å². The molecule has 2 aromatic heterocycles. The minimum absolute atomic E-state index is 0.643. The molecule has 3 rings (SSSR count). The van der Waals surface area contributed by atoms with Crippen molar-refractivity contribution in [1.82, 2.24) is 14.3 Å². The van der Waals surface area contributed by atoms with Crippen molar-refractivity contribution in [3.05, 3.63) is 30.1 Å². The third-order valence-electron chi connectivity index (χ3n) is 4.17. The van der Waals surface area contributed by atoms with E-state index in [1.807, 2.05) is 22.6 Å². The lowest BCUT2D eigenvalue weighted by molar-refractivity contribution is 0.155. The van der Waals surface area contributed by atoms with Crippen LogP contribution < -0.4 is 5.73 Å². The van der Waals surface area contributed by atoms with Gasteiger partial charge in [0.2, 0.25) is 0 Å². The van der Waals surface area contributed by atoms with Crippen molar-refractivity contribution >= 4 is 11.5 Å². The largest absolute Gasteiger partial charge is 0.385 e. The van der Waals surface area contributed by atoms with Crippen LogP contribution >= 0.6 is 0 Å². The number of fused-ring (bicyclic) bond motifs is 1. The van der Waals surface area contributed by atoms with E-state index in [4.69, 9.17) is 10.7 Å². The quantitative estimate of drug-likeness (QED) is 0.919. The van der Waals surface area contributed by atoms with E-state index in [1.165, 1.54) is 25.8 Å². The normalized spacial score (nSPS) is 21.0. The van der Waals surface area contributed by atoms with E-state index in [2.05, 4.69) is 18.0 Å². The van der Waals surface area contributed by atoms with Crippen molar-refractivity contribution in [2.45, 2.75) is 38.6 Å². The SMILES string of the molecule is CCN1CCCCC1Cc1cn2c(N)cccc2n1. The number of hydrogen-bond donors (Lipinski definition) is 1. The van der Waals surface area contributed by atoms with Gasteiger partial charge in [-0.25, -0.2) is 4.98 Å². The Bertz CT molecular complexity index is 560. The monoisotopic (exact) mass is 258 g/mol. The van der Waals surface area contributed by atoms with Crippen LogP contribution in [0.3, 0.4) is 0 Å². The summed E-state index contributed by atoms with van der Waals surface area (Å²) in [4.78, 5) is 7.27. The summed E-state index contributed by atoms with van der Waals surface area (Å²) in [6, 6.07) is 6.53. The van der Waals surface area contributed by atoms with Gasteiger partial charge in [-0.15, -0.1) is 0 Å². The fraction of sp³-hybridized carbons (Fsp3) is 0.533. The highest BCUT2D eigenvalue weighted by Gasteiger charge is 2.22. The maximum absolute atomic E-state index is 5.97. The number of aromatic nitrogens is 2. The van der Waals surface area contributed by atoms with E-state index >= 15 is 0 Å². The zero-order valence-electron chi connectivity index (χ0n) is 11.5. The first-order valence-corrected chi connectivity index (χ1v) is 7.24. The molecule has 1 fully saturated rings. The zero-order chi connectivity index (χ0) is 13.2. The van der Waals surface area contributed by atoms with Gasteiger partial charge in [0.05, 0.1) is 5.69 Å². The average molecular weight is 258 g/mol. The minimum atomic E-state index is 0.643. The summed E-state index contributed by atoms with van der Waals surface area (Å²) in [5, 5.41) is 0. The van der Waals surface area contributed by atoms with Gasteiger partial charge < -0.3 is 10.6 Å². The summed E-state index contributed by atoms with van der Waals surface area (Å²) in [5.41, 5.74) is 8.08. The van der Waals surface area contributed by atoms with E-state index in [1.54, 1.807) is 0 Å². The molecule has 0 spiro atoms. The lowest BCUT2D eigenvalue weighted by atomic mass is 9.98. The van der Waals surface area contributed by atoms with Crippen molar-refractivity contribution in [3.63, 3.8) is 0 Å². The average Bonchev–Trinajstić information content (AvgIpc) is 2.83. The molecule has 0 amide bonds. The number of imidazole rings is 1. The number of nitrogens with two attached hydrogens (primary N) is 1. The van der Waals surface area contributed by atoms with Crippen LogP contribution in [0.2, 0.25) is 0 Å². The first-order chi connectivity index (χ1) is 9.28. The summed E-state index contributed by atoms with van der Waals surface area (Å²) in [6.45, 7) is 4.62. The highest BCUT2D eigenvalue weighted by Crippen LogP contribution is 2.21. The Labute approximate surface area is 114 Å². The molecule has 4 heteroatoms. The maximum atomic E-state index is 5.97. The highest BCUT2D eigenvalue weighted by atomic mass is 15.2. The van der Waals surface area contributed by atoms with Gasteiger partial charge in [-0.2, -0.15) is 0 Å². The smallest absolute Gasteiger partial charge is 0.138 e. The summed E-state index contributed by atoms with van der Waals surface area (Å²) >= 11 is 0. The predicted molar refractivity (Wildman–Crippen MR) is 78.2 cm³/mol. The minimum Gasteiger partial charge on any atom is -0.385 e. The van der Waals surface area contributed by atoms with Crippen LogP contribution in [0.5, 0.6) is 0 Å². The molecule has 1 atom stereocenters. The second kappa shape index (κ2) is 5.21. The molecule has 2 aromatic rings. The molecule has 0 aromatic carbocycles. The van der Waals surface area contributed by atoms with Crippen LogP contribution in [0.15, 0.2) is 24.4 Å². The van der Waals surface area contributed by atoms with Crippen LogP contribution in [0.25, 0.3) is 5.65 Å². The van der Waals surface area contributed by atoms with Gasteiger partial charge in [0, 0.05) is 18.7 Å². The first-order valence-electron chi connectivity index (χ1n) is 7.24. The van der Waals surface area contributed by atoms with Gasteiger partial charge in [-0.3, -0.25) is 4.40 Å². The number of likely N-dealkylation sites (N-methyl/N-ethyl adjacent to an activating group) is 1. The number of hydrogen-bond acceptors (Lipinski definition) is 3. The molecular formula is C15H22N4. The third kappa shape index (κ3) is 2.45. The van der Waals surface area contributed by atoms with Crippen molar-refractivity contribution in [2.24, 2.45) is 0 Å². The van der Waals surface area contributed by atoms with Crippen molar-refractivity contribution in [1.29, 1.82) is 0 Å². The Balaban J connectivity index is 1.82. The third-order valence-corrected chi connectivity index (χ3v) is 4.17. The molecule has 1 unspecified atom stereocenters. The lowest BCUT2D eigenvalue weighted by Crippen LogP contribution is -2.40. The first kappa shape index (κ1) is 12.5. The maximum Gasteiger partial charge on any atom is 0.138 e. The molecule has 0 saturated carbocycles. The summed E-state index contributed by atoms with van der Waals surface area (Å²) in [5.74, 6) is 0.757. The van der Waals surface area contributed by atoms with E-state index in [0.717, 1.165) is 30.1 Å². The van der Waals surface area contributed by atoms with Crippen molar-refractivity contribution < 1.29 is 0 Å². The Morgan fingerprint density at radius 2 is 2.26 bits per heavy atom. The molecule has 0 radical (unpaired) electrons. The number of piperidine rings is 1. The van der Waals surface area contributed by atoms with Crippen LogP contribution in [0, 0.1) is 0 Å². The van der Waals surface area contributed by atoms with Gasteiger partial charge in [-0.05, 0) is 38.1 Å². The molecule has 1 aliphatic rings. The van der Waals surface area contributed by atoms with Gasteiger partial charge >= 0.3 is 0 Å². The van der Waals surface area contributed by atoms with Crippen LogP contribution in [-0.2, 0) is 6.42 Å². The van der Waals surface area contributed by atoms with E-state index < -0.39 is 0 Å². The fourth-order valence-electron chi connectivity index (χ4n) is 3.13. The number of likely N-dealkylation sites (tertiary alicyclic amines) is 1. The van der Waals surface area contributed by atoms with E-state index in [0.29, 0.717) is 6.04 Å². The molecule has 0 aliphatic carbocycles. The summed E-state index contributed by atoms with van der Waals surface area (Å²) < 4.78 is 1.98. The molecule has 3 heterocycles. The molecule has 4 nitrogen and oxygen atoms in total. The molecule has 19 heavy (non-hydrogen) atoms. The number of nitrogens with zero attached hydrogens (tertiary/aromatic N) is 3. The Hall–Kier alpha value is -1.55. The fourth-order valence-corrected chi connectivity index (χ4v) is 3.13. The Morgan fingerprint density at radius 3 is 3.05 bits per heavy atom. The van der Waals surface area contributed by atoms with E-state index in [9.17, 15) is 0 Å². The Morgan fingerprint density at radius 1 is 1.37 bits per heavy atom. The standard InChI is InChI=1S/C15H22N4/c1-2-18-9-4-3-6-13(18)10-12-11-19-14(16)7-5-8-15(19)17-12/h5,7-8,11,13H,2-4,6,9-10,16H2,1H3. The van der Waals surface area contributed by atoms with Gasteiger partial charge in [-0.1, -0.05) is 19.4 Å². The molecule has 0 bridgehead atoms. The Kier molecular flexibility index (Phi) is 3.42. The number of pyridine rings is 1. The zero-order valence-corrected chi connectivity index (χ0v) is 11.5. The van der Waals surface area contributed by atoms with Gasteiger partial charge in [0.1, 0.15) is 11.5 Å². The van der Waals surface area contributed by atoms with Crippen molar-refractivity contribution in [3.8, 4) is 0 Å². The van der Waals surface area contributed by atoms with Crippen LogP contribution in [0.1, 0.15) is 31.9 Å². The van der Waals surface area contributed by atoms with Crippen molar-refractivity contribution in [2.75, 3.05) is 18.8 Å². The highest BCUT2D eigenvalue weighted by molar-refractivity contribution is 5.48.